The van der Waals surface area contributed by atoms with Crippen molar-refractivity contribution in [1.82, 2.24) is 9.97 Å². The highest BCUT2D eigenvalue weighted by atomic mass is 35.5. The number of benzene rings is 1. The van der Waals surface area contributed by atoms with Gasteiger partial charge in [0, 0.05) is 29.3 Å². The first-order chi connectivity index (χ1) is 13.7. The van der Waals surface area contributed by atoms with Crippen LogP contribution in [0.5, 0.6) is 0 Å². The largest absolute Gasteiger partial charge is 0.372 e. The van der Waals surface area contributed by atoms with Crippen molar-refractivity contribution in [2.24, 2.45) is 11.8 Å². The summed E-state index contributed by atoms with van der Waals surface area (Å²) in [6.45, 7) is 7.04. The van der Waals surface area contributed by atoms with Crippen molar-refractivity contribution in [3.63, 3.8) is 0 Å². The lowest BCUT2D eigenvalue weighted by Gasteiger charge is -2.32. The Bertz CT molecular complexity index is 976. The fourth-order valence-electron chi connectivity index (χ4n) is 4.53. The topological polar surface area (TPSA) is 41.0 Å². The van der Waals surface area contributed by atoms with Gasteiger partial charge in [-0.1, -0.05) is 13.8 Å². The summed E-state index contributed by atoms with van der Waals surface area (Å²) < 4.78 is 0. The van der Waals surface area contributed by atoms with Gasteiger partial charge in [-0.25, -0.2) is 9.97 Å². The highest BCUT2D eigenvalue weighted by Crippen LogP contribution is 2.40. The summed E-state index contributed by atoms with van der Waals surface area (Å²) in [4.78, 5) is 14.3. The Morgan fingerprint density at radius 1 is 1.00 bits per heavy atom. The van der Waals surface area contributed by atoms with Crippen LogP contribution in [0.4, 0.5) is 17.2 Å². The average molecular weight is 429 g/mol. The molecule has 0 bridgehead atoms. The van der Waals surface area contributed by atoms with Gasteiger partial charge < -0.3 is 10.2 Å². The molecule has 1 unspecified atom stereocenters. The van der Waals surface area contributed by atoms with Gasteiger partial charge in [0.25, 0.3) is 0 Å². The first kappa shape index (κ1) is 20.4. The number of thiophene rings is 1. The van der Waals surface area contributed by atoms with Crippen LogP contribution in [0.1, 0.15) is 43.6 Å². The standard InChI is InChI=1S/C23H28N4S.ClH/c1-15-9-11-27(12-10-15)18-6-4-17(5-7-18)26-22-21-19-8-3-16(2)13-20(19)28-23(21)25-14-24-22;/h4-7,14-16H,3,8-13H2,1-2H3,(H,24,25,26);1H. The van der Waals surface area contributed by atoms with Gasteiger partial charge in [0.15, 0.2) is 0 Å². The third kappa shape index (κ3) is 4.08. The van der Waals surface area contributed by atoms with E-state index < -0.39 is 0 Å². The van der Waals surface area contributed by atoms with Gasteiger partial charge in [0.1, 0.15) is 17.0 Å². The molecule has 29 heavy (non-hydrogen) atoms. The van der Waals surface area contributed by atoms with Gasteiger partial charge >= 0.3 is 0 Å². The van der Waals surface area contributed by atoms with Crippen LogP contribution < -0.4 is 10.2 Å². The number of halogens is 1. The molecule has 4 nitrogen and oxygen atoms in total. The molecular formula is C23H29ClN4S. The summed E-state index contributed by atoms with van der Waals surface area (Å²) in [5.74, 6) is 2.59. The van der Waals surface area contributed by atoms with Crippen LogP contribution in [-0.4, -0.2) is 23.1 Å². The Labute approximate surface area is 183 Å². The van der Waals surface area contributed by atoms with Crippen molar-refractivity contribution < 1.29 is 0 Å². The van der Waals surface area contributed by atoms with E-state index in [0.717, 1.165) is 34.6 Å². The summed E-state index contributed by atoms with van der Waals surface area (Å²) in [6.07, 6.45) is 7.86. The van der Waals surface area contributed by atoms with Crippen LogP contribution in [0.15, 0.2) is 30.6 Å². The third-order valence-corrected chi connectivity index (χ3v) is 7.53. The molecule has 2 aliphatic rings. The van der Waals surface area contributed by atoms with Crippen molar-refractivity contribution in [2.75, 3.05) is 23.3 Å². The Morgan fingerprint density at radius 2 is 1.76 bits per heavy atom. The van der Waals surface area contributed by atoms with Gasteiger partial charge in [0.2, 0.25) is 0 Å². The Kier molecular flexibility index (Phi) is 5.98. The second-order valence-electron chi connectivity index (χ2n) is 8.60. The number of nitrogens with one attached hydrogen (secondary N) is 1. The number of aromatic nitrogens is 2. The fraction of sp³-hybridized carbons (Fsp3) is 0.478. The molecule has 0 radical (unpaired) electrons. The molecule has 1 atom stereocenters. The first-order valence-corrected chi connectivity index (χ1v) is 11.4. The van der Waals surface area contributed by atoms with E-state index in [2.05, 4.69) is 58.3 Å². The molecule has 1 fully saturated rings. The van der Waals surface area contributed by atoms with Crippen molar-refractivity contribution in [3.8, 4) is 0 Å². The van der Waals surface area contributed by atoms with Crippen LogP contribution in [0.25, 0.3) is 10.2 Å². The maximum Gasteiger partial charge on any atom is 0.142 e. The van der Waals surface area contributed by atoms with E-state index in [1.54, 1.807) is 6.33 Å². The minimum Gasteiger partial charge on any atom is -0.372 e. The van der Waals surface area contributed by atoms with Gasteiger partial charge in [-0.3, -0.25) is 0 Å². The molecule has 0 saturated carbocycles. The zero-order valence-electron chi connectivity index (χ0n) is 17.1. The lowest BCUT2D eigenvalue weighted by atomic mass is 9.89. The molecule has 3 heterocycles. The number of hydrogen-bond donors (Lipinski definition) is 1. The molecule has 3 aromatic rings. The van der Waals surface area contributed by atoms with Gasteiger partial charge in [-0.15, -0.1) is 23.7 Å². The fourth-order valence-corrected chi connectivity index (χ4v) is 5.88. The van der Waals surface area contributed by atoms with E-state index in [1.165, 1.54) is 60.3 Å². The lowest BCUT2D eigenvalue weighted by molar-refractivity contribution is 0.438. The zero-order valence-corrected chi connectivity index (χ0v) is 18.8. The summed E-state index contributed by atoms with van der Waals surface area (Å²) in [5.41, 5.74) is 3.89. The normalized spacial score (nSPS) is 19.7. The maximum atomic E-state index is 4.60. The third-order valence-electron chi connectivity index (χ3n) is 6.37. The number of nitrogens with zero attached hydrogens (tertiary/aromatic N) is 3. The van der Waals surface area contributed by atoms with Crippen molar-refractivity contribution in [3.05, 3.63) is 41.0 Å². The molecule has 2 aromatic heterocycles. The van der Waals surface area contributed by atoms with Crippen LogP contribution in [-0.2, 0) is 12.8 Å². The smallest absolute Gasteiger partial charge is 0.142 e. The van der Waals surface area contributed by atoms with Crippen molar-refractivity contribution in [2.45, 2.75) is 46.0 Å². The molecule has 154 valence electrons. The van der Waals surface area contributed by atoms with Crippen LogP contribution in [0.2, 0.25) is 0 Å². The van der Waals surface area contributed by atoms with E-state index in [-0.39, 0.29) is 12.4 Å². The van der Waals surface area contributed by atoms with Crippen molar-refractivity contribution >= 4 is 51.2 Å². The average Bonchev–Trinajstić information content (AvgIpc) is 3.07. The molecule has 0 amide bonds. The van der Waals surface area contributed by atoms with Gasteiger partial charge in [-0.2, -0.15) is 0 Å². The predicted molar refractivity (Wildman–Crippen MR) is 126 cm³/mol. The second-order valence-corrected chi connectivity index (χ2v) is 9.68. The maximum absolute atomic E-state index is 4.60. The zero-order chi connectivity index (χ0) is 19.1. The molecule has 5 rings (SSSR count). The minimum atomic E-state index is 0. The molecule has 1 aromatic carbocycles. The molecule has 1 aliphatic heterocycles. The second kappa shape index (κ2) is 8.49. The summed E-state index contributed by atoms with van der Waals surface area (Å²) in [6, 6.07) is 8.84. The first-order valence-electron chi connectivity index (χ1n) is 10.5. The molecule has 1 saturated heterocycles. The Morgan fingerprint density at radius 3 is 2.52 bits per heavy atom. The molecule has 1 N–H and O–H groups in total. The SMILES string of the molecule is CC1CCN(c2ccc(Nc3ncnc4sc5c(c34)CCC(C)C5)cc2)CC1.Cl. The van der Waals surface area contributed by atoms with Crippen LogP contribution in [0, 0.1) is 11.8 Å². The highest BCUT2D eigenvalue weighted by Gasteiger charge is 2.23. The van der Waals surface area contributed by atoms with Gasteiger partial charge in [0.05, 0.1) is 5.39 Å². The summed E-state index contributed by atoms with van der Waals surface area (Å²) in [5, 5.41) is 4.81. The van der Waals surface area contributed by atoms with E-state index >= 15 is 0 Å². The highest BCUT2D eigenvalue weighted by molar-refractivity contribution is 7.19. The number of hydrogen-bond acceptors (Lipinski definition) is 5. The van der Waals surface area contributed by atoms with Crippen molar-refractivity contribution in [1.29, 1.82) is 0 Å². The summed E-state index contributed by atoms with van der Waals surface area (Å²) >= 11 is 1.85. The Hall–Kier alpha value is -1.85. The molecule has 1 aliphatic carbocycles. The van der Waals surface area contributed by atoms with E-state index in [0.29, 0.717) is 0 Å². The quantitative estimate of drug-likeness (QED) is 0.537. The van der Waals surface area contributed by atoms with Crippen LogP contribution >= 0.6 is 23.7 Å². The number of piperidine rings is 1. The van der Waals surface area contributed by atoms with Crippen LogP contribution in [0.3, 0.4) is 0 Å². The summed E-state index contributed by atoms with van der Waals surface area (Å²) in [7, 11) is 0. The predicted octanol–water partition coefficient (Wildman–Crippen LogP) is 6.22. The van der Waals surface area contributed by atoms with E-state index in [1.807, 2.05) is 11.3 Å². The number of anilines is 3. The van der Waals surface area contributed by atoms with E-state index in [9.17, 15) is 0 Å². The molecule has 0 spiro atoms. The number of fused-ring (bicyclic) bond motifs is 3. The molecule has 6 heteroatoms. The minimum absolute atomic E-state index is 0. The number of rotatable bonds is 3. The van der Waals surface area contributed by atoms with E-state index in [4.69, 9.17) is 0 Å². The molecular weight excluding hydrogens is 400 g/mol. The lowest BCUT2D eigenvalue weighted by Crippen LogP contribution is -2.32. The number of aryl methyl sites for hydroxylation is 1. The van der Waals surface area contributed by atoms with Gasteiger partial charge in [-0.05, 0) is 73.8 Å². The monoisotopic (exact) mass is 428 g/mol. The Balaban J connectivity index is 0.00000205.